The van der Waals surface area contributed by atoms with Crippen LogP contribution in [-0.2, 0) is 0 Å². The molecule has 1 nitrogen and oxygen atoms in total. The maximum absolute atomic E-state index is 5.13. The Kier molecular flexibility index (Phi) is 3.12. The lowest BCUT2D eigenvalue weighted by atomic mass is 10.3. The fourth-order valence-corrected chi connectivity index (χ4v) is 2.00. The fraction of sp³-hybridized carbons (Fsp3) is 0.143. The van der Waals surface area contributed by atoms with Gasteiger partial charge in [0.25, 0.3) is 0 Å². The van der Waals surface area contributed by atoms with Crippen LogP contribution in [0.2, 0.25) is 0 Å². The topological polar surface area (TPSA) is 9.23 Å². The summed E-state index contributed by atoms with van der Waals surface area (Å²) in [4.78, 5) is 0. The SMILES string of the molecule is COc1ccccc1PP. The maximum atomic E-state index is 5.13. The van der Waals surface area contributed by atoms with Crippen LogP contribution >= 0.6 is 17.2 Å². The van der Waals surface area contributed by atoms with Gasteiger partial charge in [-0.3, -0.25) is 0 Å². The number of hydrogen-bond donors (Lipinski definition) is 0. The third-order valence-corrected chi connectivity index (χ3v) is 2.92. The van der Waals surface area contributed by atoms with Gasteiger partial charge in [0.15, 0.2) is 0 Å². The first-order chi connectivity index (χ1) is 4.88. The molecule has 1 aromatic rings. The Morgan fingerprint density at radius 1 is 1.40 bits per heavy atom. The van der Waals surface area contributed by atoms with Crippen LogP contribution in [0.3, 0.4) is 0 Å². The van der Waals surface area contributed by atoms with E-state index in [1.54, 1.807) is 7.11 Å². The van der Waals surface area contributed by atoms with Crippen molar-refractivity contribution in [1.82, 2.24) is 0 Å². The molecule has 0 aromatic heterocycles. The summed E-state index contributed by atoms with van der Waals surface area (Å²) in [5, 5.41) is 1.26. The first-order valence-corrected chi connectivity index (χ1v) is 5.79. The molecular formula is C7H10OP2. The first kappa shape index (κ1) is 7.98. The Bertz CT molecular complexity index is 190. The molecule has 0 aliphatic rings. The average molecular weight is 172 g/mol. The third-order valence-electron chi connectivity index (χ3n) is 1.26. The van der Waals surface area contributed by atoms with Crippen molar-refractivity contribution < 1.29 is 4.74 Å². The van der Waals surface area contributed by atoms with Crippen LogP contribution in [0.5, 0.6) is 5.75 Å². The Morgan fingerprint density at radius 2 is 2.10 bits per heavy atom. The van der Waals surface area contributed by atoms with Crippen LogP contribution in [-0.4, -0.2) is 7.11 Å². The zero-order chi connectivity index (χ0) is 7.40. The predicted octanol–water partition coefficient (Wildman–Crippen LogP) is 1.79. The van der Waals surface area contributed by atoms with E-state index in [-0.39, 0.29) is 0 Å². The Labute approximate surface area is 65.0 Å². The standard InChI is InChI=1S/C7H10OP2/c1-8-6-4-2-3-5-7(6)10-9/h2-5,10H,9H2,1H3. The lowest BCUT2D eigenvalue weighted by Crippen LogP contribution is -1.97. The Hall–Kier alpha value is -0.120. The smallest absolute Gasteiger partial charge is 0.126 e. The quantitative estimate of drug-likeness (QED) is 0.618. The van der Waals surface area contributed by atoms with Gasteiger partial charge in [-0.15, -0.1) is 8.93 Å². The minimum Gasteiger partial charge on any atom is -0.496 e. The molecule has 1 rings (SSSR count). The summed E-state index contributed by atoms with van der Waals surface area (Å²) < 4.78 is 5.13. The molecule has 2 atom stereocenters. The highest BCUT2D eigenvalue weighted by atomic mass is 32.0. The summed E-state index contributed by atoms with van der Waals surface area (Å²) in [6.07, 6.45) is 0. The van der Waals surface area contributed by atoms with E-state index in [1.807, 2.05) is 18.2 Å². The highest BCUT2D eigenvalue weighted by Crippen LogP contribution is 2.24. The van der Waals surface area contributed by atoms with E-state index in [0.717, 1.165) is 14.0 Å². The molecule has 3 heteroatoms. The molecule has 2 unspecified atom stereocenters. The van der Waals surface area contributed by atoms with Gasteiger partial charge in [0.1, 0.15) is 5.75 Å². The number of para-hydroxylation sites is 1. The van der Waals surface area contributed by atoms with Crippen molar-refractivity contribution in [1.29, 1.82) is 0 Å². The van der Waals surface area contributed by atoms with Crippen LogP contribution in [0.25, 0.3) is 0 Å². The summed E-state index contributed by atoms with van der Waals surface area (Å²) in [7, 11) is 5.13. The molecule has 0 heterocycles. The molecule has 0 aliphatic carbocycles. The minimum absolute atomic E-state index is 0.727. The number of ether oxygens (including phenoxy) is 1. The highest BCUT2D eigenvalue weighted by Gasteiger charge is 1.95. The molecule has 0 fully saturated rings. The van der Waals surface area contributed by atoms with Gasteiger partial charge in [-0.25, -0.2) is 0 Å². The van der Waals surface area contributed by atoms with Gasteiger partial charge in [-0.2, -0.15) is 0 Å². The van der Waals surface area contributed by atoms with Crippen LogP contribution < -0.4 is 10.0 Å². The maximum Gasteiger partial charge on any atom is 0.126 e. The van der Waals surface area contributed by atoms with Gasteiger partial charge in [-0.05, 0) is 6.07 Å². The molecular weight excluding hydrogens is 162 g/mol. The molecule has 54 valence electrons. The van der Waals surface area contributed by atoms with Crippen molar-refractivity contribution in [2.45, 2.75) is 0 Å². The molecule has 0 N–H and O–H groups in total. The van der Waals surface area contributed by atoms with E-state index < -0.39 is 0 Å². The largest absolute Gasteiger partial charge is 0.496 e. The highest BCUT2D eigenvalue weighted by molar-refractivity contribution is 8.06. The van der Waals surface area contributed by atoms with Crippen LogP contribution in [0.4, 0.5) is 0 Å². The van der Waals surface area contributed by atoms with Crippen LogP contribution in [0, 0.1) is 0 Å². The van der Waals surface area contributed by atoms with Crippen LogP contribution in [0.15, 0.2) is 24.3 Å². The van der Waals surface area contributed by atoms with Crippen molar-refractivity contribution in [3.63, 3.8) is 0 Å². The second-order valence-electron chi connectivity index (χ2n) is 1.84. The molecule has 0 bridgehead atoms. The van der Waals surface area contributed by atoms with Crippen molar-refractivity contribution in [2.75, 3.05) is 7.11 Å². The van der Waals surface area contributed by atoms with E-state index in [1.165, 1.54) is 5.30 Å². The van der Waals surface area contributed by atoms with E-state index in [0.29, 0.717) is 0 Å². The average Bonchev–Trinajstić information content (AvgIpc) is 2.04. The van der Waals surface area contributed by atoms with Gasteiger partial charge in [0.2, 0.25) is 0 Å². The van der Waals surface area contributed by atoms with Crippen LogP contribution in [0.1, 0.15) is 0 Å². The van der Waals surface area contributed by atoms with E-state index in [9.17, 15) is 0 Å². The summed E-state index contributed by atoms with van der Waals surface area (Å²) in [6.45, 7) is 0. The number of rotatable bonds is 2. The van der Waals surface area contributed by atoms with Gasteiger partial charge >= 0.3 is 0 Å². The third kappa shape index (κ3) is 1.68. The van der Waals surface area contributed by atoms with Gasteiger partial charge in [0.05, 0.1) is 7.11 Å². The van der Waals surface area contributed by atoms with E-state index >= 15 is 0 Å². The second-order valence-corrected chi connectivity index (χ2v) is 3.54. The van der Waals surface area contributed by atoms with Gasteiger partial charge in [0, 0.05) is 5.30 Å². The van der Waals surface area contributed by atoms with Crippen molar-refractivity contribution in [3.8, 4) is 5.75 Å². The van der Waals surface area contributed by atoms with E-state index in [2.05, 4.69) is 15.0 Å². The molecule has 0 saturated carbocycles. The lowest BCUT2D eigenvalue weighted by Gasteiger charge is -2.03. The minimum atomic E-state index is 0.727. The Morgan fingerprint density at radius 3 is 2.60 bits per heavy atom. The van der Waals surface area contributed by atoms with Crippen molar-refractivity contribution in [3.05, 3.63) is 24.3 Å². The first-order valence-electron chi connectivity index (χ1n) is 2.98. The predicted molar refractivity (Wildman–Crippen MR) is 50.7 cm³/mol. The lowest BCUT2D eigenvalue weighted by molar-refractivity contribution is 0.418. The summed E-state index contributed by atoms with van der Waals surface area (Å²) in [5.74, 6) is 0.982. The van der Waals surface area contributed by atoms with Gasteiger partial charge < -0.3 is 4.74 Å². The molecule has 0 radical (unpaired) electrons. The zero-order valence-corrected chi connectivity index (χ0v) is 7.95. The molecule has 0 aliphatic heterocycles. The number of benzene rings is 1. The molecule has 0 saturated heterocycles. The van der Waals surface area contributed by atoms with E-state index in [4.69, 9.17) is 4.74 Å². The van der Waals surface area contributed by atoms with Crippen molar-refractivity contribution in [2.24, 2.45) is 0 Å². The summed E-state index contributed by atoms with van der Waals surface area (Å²) in [6, 6.07) is 8.05. The summed E-state index contributed by atoms with van der Waals surface area (Å²) >= 11 is 0. The number of methoxy groups -OCH3 is 1. The molecule has 0 spiro atoms. The molecule has 1 aromatic carbocycles. The molecule has 10 heavy (non-hydrogen) atoms. The number of hydrogen-bond acceptors (Lipinski definition) is 1. The fourth-order valence-electron chi connectivity index (χ4n) is 0.764. The van der Waals surface area contributed by atoms with Gasteiger partial charge in [-0.1, -0.05) is 26.5 Å². The second kappa shape index (κ2) is 3.91. The normalized spacial score (nSPS) is 10.6. The Balaban J connectivity index is 2.96. The zero-order valence-electron chi connectivity index (χ0n) is 5.79. The van der Waals surface area contributed by atoms with Crippen molar-refractivity contribution >= 4 is 22.5 Å². The molecule has 0 amide bonds. The summed E-state index contributed by atoms with van der Waals surface area (Å²) in [5.41, 5.74) is 0. The monoisotopic (exact) mass is 172 g/mol.